The van der Waals surface area contributed by atoms with Gasteiger partial charge in [0.2, 0.25) is 0 Å². The summed E-state index contributed by atoms with van der Waals surface area (Å²) >= 11 is 0. The van der Waals surface area contributed by atoms with Crippen LogP contribution in [0.15, 0.2) is 51.7 Å². The summed E-state index contributed by atoms with van der Waals surface area (Å²) in [7, 11) is 1.37. The number of nitrogens with one attached hydrogen (secondary N) is 2. The Kier molecular flexibility index (Phi) is 6.09. The molecule has 1 aliphatic rings. The van der Waals surface area contributed by atoms with Crippen molar-refractivity contribution in [3.05, 3.63) is 75.1 Å². The molecule has 1 aromatic heterocycles. The van der Waals surface area contributed by atoms with Gasteiger partial charge >= 0.3 is 5.97 Å². The molecule has 0 amide bonds. The lowest BCUT2D eigenvalue weighted by Crippen LogP contribution is -2.27. The highest BCUT2D eigenvalue weighted by Gasteiger charge is 2.22. The van der Waals surface area contributed by atoms with Crippen molar-refractivity contribution < 1.29 is 13.9 Å². The molecule has 6 heteroatoms. The summed E-state index contributed by atoms with van der Waals surface area (Å²) in [5.74, 6) is 0.603. The summed E-state index contributed by atoms with van der Waals surface area (Å²) in [6, 6.07) is 12.6. The van der Waals surface area contributed by atoms with Crippen molar-refractivity contribution in [2.45, 2.75) is 38.6 Å². The quantitative estimate of drug-likeness (QED) is 0.591. The fraction of sp³-hybridized carbons (Fsp3) is 0.360. The average Bonchev–Trinajstić information content (AvgIpc) is 2.79. The molecule has 0 saturated carbocycles. The van der Waals surface area contributed by atoms with Crippen LogP contribution < -0.4 is 16.1 Å². The first-order valence-corrected chi connectivity index (χ1v) is 10.7. The van der Waals surface area contributed by atoms with Gasteiger partial charge in [-0.2, -0.15) is 0 Å². The second kappa shape index (κ2) is 8.94. The van der Waals surface area contributed by atoms with Crippen molar-refractivity contribution in [1.82, 2.24) is 5.32 Å². The first-order chi connectivity index (χ1) is 15.0. The standard InChI is InChI=1S/C25H28N2O4/c1-15-12-19(16(2)27-21-7-5-4-6-18(21)25(29)30-3)24-20(13-15)22(28)14-23(31-24)17-8-10-26-11-9-17/h4-7,12-14,16-17,26-27H,8-11H2,1-3H3. The second-order valence-corrected chi connectivity index (χ2v) is 8.17. The number of carbonyl (C=O) groups is 1. The Balaban J connectivity index is 1.77. The van der Waals surface area contributed by atoms with E-state index in [2.05, 4.69) is 10.6 Å². The van der Waals surface area contributed by atoms with E-state index in [0.29, 0.717) is 22.2 Å². The SMILES string of the molecule is COC(=O)c1ccccc1NC(C)c1cc(C)cc2c(=O)cc(C3CCNCC3)oc12. The zero-order valence-corrected chi connectivity index (χ0v) is 18.2. The summed E-state index contributed by atoms with van der Waals surface area (Å²) in [6.45, 7) is 5.82. The molecule has 1 aliphatic heterocycles. The van der Waals surface area contributed by atoms with Gasteiger partial charge in [0.25, 0.3) is 0 Å². The molecule has 3 aromatic rings. The summed E-state index contributed by atoms with van der Waals surface area (Å²) < 4.78 is 11.3. The highest BCUT2D eigenvalue weighted by molar-refractivity contribution is 5.95. The number of methoxy groups -OCH3 is 1. The molecule has 1 fully saturated rings. The molecule has 1 atom stereocenters. The van der Waals surface area contributed by atoms with E-state index in [4.69, 9.17) is 9.15 Å². The third-order valence-electron chi connectivity index (χ3n) is 5.93. The zero-order chi connectivity index (χ0) is 22.0. The maximum Gasteiger partial charge on any atom is 0.339 e. The predicted molar refractivity (Wildman–Crippen MR) is 122 cm³/mol. The van der Waals surface area contributed by atoms with Gasteiger partial charge in [0.05, 0.1) is 24.1 Å². The number of esters is 1. The first-order valence-electron chi connectivity index (χ1n) is 10.7. The Morgan fingerprint density at radius 2 is 1.94 bits per heavy atom. The van der Waals surface area contributed by atoms with Crippen LogP contribution in [0.3, 0.4) is 0 Å². The number of fused-ring (bicyclic) bond motifs is 1. The topological polar surface area (TPSA) is 80.6 Å². The number of piperidine rings is 1. The van der Waals surface area contributed by atoms with Gasteiger partial charge in [0, 0.05) is 23.2 Å². The minimum Gasteiger partial charge on any atom is -0.465 e. The van der Waals surface area contributed by atoms with Crippen LogP contribution in [0.4, 0.5) is 5.69 Å². The van der Waals surface area contributed by atoms with Gasteiger partial charge in [-0.05, 0) is 63.5 Å². The molecule has 2 heterocycles. The number of aryl methyl sites for hydroxylation is 1. The van der Waals surface area contributed by atoms with Crippen LogP contribution in [-0.4, -0.2) is 26.2 Å². The molecule has 0 radical (unpaired) electrons. The highest BCUT2D eigenvalue weighted by atomic mass is 16.5. The van der Waals surface area contributed by atoms with E-state index < -0.39 is 5.97 Å². The number of benzene rings is 2. The van der Waals surface area contributed by atoms with Crippen molar-refractivity contribution in [2.75, 3.05) is 25.5 Å². The van der Waals surface area contributed by atoms with Gasteiger partial charge in [-0.3, -0.25) is 4.79 Å². The molecule has 0 bridgehead atoms. The van der Waals surface area contributed by atoms with Crippen molar-refractivity contribution in [3.63, 3.8) is 0 Å². The Morgan fingerprint density at radius 1 is 1.19 bits per heavy atom. The maximum atomic E-state index is 13.0. The second-order valence-electron chi connectivity index (χ2n) is 8.17. The Hall–Kier alpha value is -3.12. The molecule has 0 spiro atoms. The van der Waals surface area contributed by atoms with E-state index in [1.54, 1.807) is 18.2 Å². The van der Waals surface area contributed by atoms with Gasteiger partial charge in [-0.15, -0.1) is 0 Å². The third-order valence-corrected chi connectivity index (χ3v) is 5.93. The third kappa shape index (κ3) is 4.35. The van der Waals surface area contributed by atoms with E-state index in [9.17, 15) is 9.59 Å². The van der Waals surface area contributed by atoms with E-state index in [1.807, 2.05) is 38.1 Å². The smallest absolute Gasteiger partial charge is 0.339 e. The van der Waals surface area contributed by atoms with E-state index in [1.165, 1.54) is 7.11 Å². The fourth-order valence-corrected chi connectivity index (χ4v) is 4.29. The van der Waals surface area contributed by atoms with Crippen LogP contribution in [0.25, 0.3) is 11.0 Å². The number of hydrogen-bond acceptors (Lipinski definition) is 6. The average molecular weight is 421 g/mol. The van der Waals surface area contributed by atoms with Crippen molar-refractivity contribution in [1.29, 1.82) is 0 Å². The maximum absolute atomic E-state index is 13.0. The lowest BCUT2D eigenvalue weighted by atomic mass is 9.94. The summed E-state index contributed by atoms with van der Waals surface area (Å²) in [5.41, 5.74) is 3.62. The summed E-state index contributed by atoms with van der Waals surface area (Å²) in [5, 5.41) is 7.34. The van der Waals surface area contributed by atoms with Crippen LogP contribution >= 0.6 is 0 Å². The molecule has 2 aromatic carbocycles. The number of ether oxygens (including phenoxy) is 1. The van der Waals surface area contributed by atoms with Gasteiger partial charge in [0.1, 0.15) is 11.3 Å². The number of rotatable bonds is 5. The van der Waals surface area contributed by atoms with Crippen LogP contribution in [-0.2, 0) is 4.74 Å². The van der Waals surface area contributed by atoms with Gasteiger partial charge < -0.3 is 19.8 Å². The Labute approximate surface area is 181 Å². The summed E-state index contributed by atoms with van der Waals surface area (Å²) in [4.78, 5) is 25.1. The minimum absolute atomic E-state index is 0.0121. The van der Waals surface area contributed by atoms with Gasteiger partial charge in [-0.25, -0.2) is 4.79 Å². The zero-order valence-electron chi connectivity index (χ0n) is 18.2. The highest BCUT2D eigenvalue weighted by Crippen LogP contribution is 2.32. The number of carbonyl (C=O) groups excluding carboxylic acids is 1. The molecule has 6 nitrogen and oxygen atoms in total. The first kappa shape index (κ1) is 21.1. The van der Waals surface area contributed by atoms with Crippen LogP contribution in [0.1, 0.15) is 59.0 Å². The largest absolute Gasteiger partial charge is 0.465 e. The summed E-state index contributed by atoms with van der Waals surface area (Å²) in [6.07, 6.45) is 1.91. The number of para-hydroxylation sites is 1. The molecule has 1 saturated heterocycles. The van der Waals surface area contributed by atoms with E-state index in [0.717, 1.165) is 42.8 Å². The van der Waals surface area contributed by atoms with Gasteiger partial charge in [-0.1, -0.05) is 18.2 Å². The van der Waals surface area contributed by atoms with Crippen molar-refractivity contribution in [2.24, 2.45) is 0 Å². The molecule has 0 aliphatic carbocycles. The molecular weight excluding hydrogens is 392 g/mol. The molecule has 2 N–H and O–H groups in total. The minimum atomic E-state index is -0.399. The molecular formula is C25H28N2O4. The lowest BCUT2D eigenvalue weighted by Gasteiger charge is -2.23. The Morgan fingerprint density at radius 3 is 2.68 bits per heavy atom. The van der Waals surface area contributed by atoms with Crippen molar-refractivity contribution >= 4 is 22.6 Å². The van der Waals surface area contributed by atoms with Crippen LogP contribution in [0.2, 0.25) is 0 Å². The van der Waals surface area contributed by atoms with Crippen LogP contribution in [0, 0.1) is 6.92 Å². The van der Waals surface area contributed by atoms with Crippen LogP contribution in [0.5, 0.6) is 0 Å². The van der Waals surface area contributed by atoms with E-state index in [-0.39, 0.29) is 17.4 Å². The molecule has 1 unspecified atom stereocenters. The number of anilines is 1. The molecule has 31 heavy (non-hydrogen) atoms. The predicted octanol–water partition coefficient (Wildman–Crippen LogP) is 4.53. The van der Waals surface area contributed by atoms with E-state index >= 15 is 0 Å². The van der Waals surface area contributed by atoms with Gasteiger partial charge in [0.15, 0.2) is 5.43 Å². The van der Waals surface area contributed by atoms with Crippen molar-refractivity contribution in [3.8, 4) is 0 Å². The fourth-order valence-electron chi connectivity index (χ4n) is 4.29. The normalized spacial score (nSPS) is 15.6. The lowest BCUT2D eigenvalue weighted by molar-refractivity contribution is 0.0602. The number of hydrogen-bond donors (Lipinski definition) is 2. The molecule has 162 valence electrons. The monoisotopic (exact) mass is 420 g/mol. The Bertz CT molecular complexity index is 1160. The molecule has 4 rings (SSSR count).